The van der Waals surface area contributed by atoms with Gasteiger partial charge in [0, 0.05) is 39.0 Å². The van der Waals surface area contributed by atoms with Gasteiger partial charge in [0.2, 0.25) is 0 Å². The number of hydrogen-bond acceptors (Lipinski definition) is 4. The number of benzene rings is 4. The summed E-state index contributed by atoms with van der Waals surface area (Å²) in [6.45, 7) is 13.5. The maximum absolute atomic E-state index is 6.42. The van der Waals surface area contributed by atoms with Gasteiger partial charge >= 0.3 is 0 Å². The Balaban J connectivity index is 1.22. The van der Waals surface area contributed by atoms with Gasteiger partial charge in [-0.05, 0) is 93.7 Å². The van der Waals surface area contributed by atoms with Gasteiger partial charge in [0.05, 0.1) is 16.1 Å². The predicted molar refractivity (Wildman–Crippen MR) is 192 cm³/mol. The highest BCUT2D eigenvalue weighted by molar-refractivity contribution is 7.26. The number of rotatable bonds is 5. The van der Waals surface area contributed by atoms with Crippen LogP contribution in [0.4, 0.5) is 0 Å². The second kappa shape index (κ2) is 11.1. The molecule has 3 aromatic heterocycles. The van der Waals surface area contributed by atoms with Gasteiger partial charge in [-0.3, -0.25) is 9.97 Å². The van der Waals surface area contributed by atoms with Crippen molar-refractivity contribution < 1.29 is 4.74 Å². The highest BCUT2D eigenvalue weighted by atomic mass is 32.1. The minimum absolute atomic E-state index is 0.0562. The van der Waals surface area contributed by atoms with Crippen LogP contribution in [-0.4, -0.2) is 9.97 Å². The molecule has 0 amide bonds. The molecule has 0 aliphatic carbocycles. The number of fused-ring (bicyclic) bond motifs is 4. The summed E-state index contributed by atoms with van der Waals surface area (Å²) in [5.74, 6) is 1.55. The predicted octanol–water partition coefficient (Wildman–Crippen LogP) is 12.0. The molecule has 0 spiro atoms. The minimum Gasteiger partial charge on any atom is -0.457 e. The third kappa shape index (κ3) is 6.08. The third-order valence-electron chi connectivity index (χ3n) is 8.24. The van der Waals surface area contributed by atoms with Crippen molar-refractivity contribution in [3.8, 4) is 34.0 Å². The van der Waals surface area contributed by atoms with Gasteiger partial charge in [0.25, 0.3) is 0 Å². The minimum atomic E-state index is 0.0562. The summed E-state index contributed by atoms with van der Waals surface area (Å²) in [6.07, 6.45) is 4.88. The molecule has 0 saturated heterocycles. The molecule has 224 valence electrons. The fourth-order valence-electron chi connectivity index (χ4n) is 6.04. The van der Waals surface area contributed by atoms with Gasteiger partial charge in [0.1, 0.15) is 11.5 Å². The quantitative estimate of drug-likeness (QED) is 0.195. The van der Waals surface area contributed by atoms with E-state index < -0.39 is 0 Å². The Hall–Kier alpha value is -4.54. The largest absolute Gasteiger partial charge is 0.457 e. The maximum Gasteiger partial charge on any atom is 0.128 e. The fourth-order valence-corrected chi connectivity index (χ4v) is 7.28. The molecule has 0 atom stereocenters. The van der Waals surface area contributed by atoms with E-state index in [2.05, 4.69) is 119 Å². The monoisotopic (exact) mass is 606 g/mol. The Kier molecular flexibility index (Phi) is 7.21. The van der Waals surface area contributed by atoms with E-state index in [4.69, 9.17) is 9.72 Å². The van der Waals surface area contributed by atoms with Crippen molar-refractivity contribution in [2.45, 2.75) is 53.4 Å². The number of hydrogen-bond donors (Lipinski definition) is 0. The van der Waals surface area contributed by atoms with Gasteiger partial charge in [-0.1, -0.05) is 84.0 Å². The second-order valence-corrected chi connectivity index (χ2v) is 15.3. The van der Waals surface area contributed by atoms with Crippen molar-refractivity contribution in [2.75, 3.05) is 0 Å². The molecule has 0 radical (unpaired) electrons. The first-order valence-electron chi connectivity index (χ1n) is 15.6. The van der Waals surface area contributed by atoms with Crippen molar-refractivity contribution >= 4 is 42.3 Å². The summed E-state index contributed by atoms with van der Waals surface area (Å²) < 4.78 is 8.89. The van der Waals surface area contributed by atoms with Gasteiger partial charge in [-0.2, -0.15) is 0 Å². The molecular weight excluding hydrogens is 569 g/mol. The van der Waals surface area contributed by atoms with Crippen molar-refractivity contribution in [3.05, 3.63) is 121 Å². The van der Waals surface area contributed by atoms with E-state index in [1.165, 1.54) is 42.1 Å². The van der Waals surface area contributed by atoms with Crippen LogP contribution in [0.15, 0.2) is 109 Å². The standard InChI is InChI=1S/C41H38N2OS/c1-40(2,3)25-26-13-14-27-23-37-35(22-30(27)19-26)34-16-18-43-38(39(34)45-37)29-10-8-12-33(21-29)44-32-11-7-9-28(20-32)36-24-31(15-17-42-36)41(4,5)6/h7-24H,25H2,1-6H3. The lowest BCUT2D eigenvalue weighted by molar-refractivity contribution is 0.411. The number of aromatic nitrogens is 2. The van der Waals surface area contributed by atoms with E-state index in [1.54, 1.807) is 0 Å². The number of thiophene rings is 1. The Bertz CT molecular complexity index is 2200. The molecule has 4 heteroatoms. The molecule has 45 heavy (non-hydrogen) atoms. The van der Waals surface area contributed by atoms with E-state index in [9.17, 15) is 0 Å². The summed E-state index contributed by atoms with van der Waals surface area (Å²) in [4.78, 5) is 9.52. The highest BCUT2D eigenvalue weighted by Gasteiger charge is 2.17. The van der Waals surface area contributed by atoms with Crippen LogP contribution in [0.1, 0.15) is 52.7 Å². The maximum atomic E-state index is 6.42. The van der Waals surface area contributed by atoms with Crippen LogP contribution < -0.4 is 4.74 Å². The first-order valence-corrected chi connectivity index (χ1v) is 16.4. The molecule has 0 saturated carbocycles. The number of ether oxygens (including phenoxy) is 1. The van der Waals surface area contributed by atoms with E-state index >= 15 is 0 Å². The summed E-state index contributed by atoms with van der Waals surface area (Å²) in [5, 5.41) is 5.10. The lowest BCUT2D eigenvalue weighted by Gasteiger charge is -2.19. The first-order chi connectivity index (χ1) is 21.5. The molecule has 0 fully saturated rings. The Morgan fingerprint density at radius 2 is 1.38 bits per heavy atom. The number of pyridine rings is 2. The zero-order valence-electron chi connectivity index (χ0n) is 26.8. The molecule has 3 heterocycles. The van der Waals surface area contributed by atoms with Crippen molar-refractivity contribution in [1.29, 1.82) is 0 Å². The van der Waals surface area contributed by atoms with E-state index in [0.29, 0.717) is 0 Å². The van der Waals surface area contributed by atoms with Gasteiger partial charge < -0.3 is 4.74 Å². The summed E-state index contributed by atoms with van der Waals surface area (Å²) >= 11 is 1.81. The topological polar surface area (TPSA) is 35.0 Å². The van der Waals surface area contributed by atoms with Crippen LogP contribution in [-0.2, 0) is 11.8 Å². The van der Waals surface area contributed by atoms with Crippen molar-refractivity contribution in [3.63, 3.8) is 0 Å². The summed E-state index contributed by atoms with van der Waals surface area (Å²) in [6, 6.07) is 34.4. The Morgan fingerprint density at radius 1 is 0.644 bits per heavy atom. The van der Waals surface area contributed by atoms with Crippen LogP contribution in [0.3, 0.4) is 0 Å². The normalized spacial score (nSPS) is 12.3. The van der Waals surface area contributed by atoms with Crippen LogP contribution >= 0.6 is 11.3 Å². The average Bonchev–Trinajstić information content (AvgIpc) is 3.36. The van der Waals surface area contributed by atoms with Crippen molar-refractivity contribution in [2.24, 2.45) is 5.41 Å². The number of nitrogens with zero attached hydrogens (tertiary/aromatic N) is 2. The fraction of sp³-hybridized carbons (Fsp3) is 0.220. The van der Waals surface area contributed by atoms with Crippen LogP contribution in [0.5, 0.6) is 11.5 Å². The molecule has 4 aromatic carbocycles. The van der Waals surface area contributed by atoms with E-state index in [-0.39, 0.29) is 10.8 Å². The summed E-state index contributed by atoms with van der Waals surface area (Å²) in [5.41, 5.74) is 6.95. The van der Waals surface area contributed by atoms with Crippen LogP contribution in [0, 0.1) is 5.41 Å². The Labute approximate surface area is 269 Å². The molecule has 0 N–H and O–H groups in total. The lowest BCUT2D eigenvalue weighted by atomic mass is 9.87. The SMILES string of the molecule is CC(C)(C)Cc1ccc2cc3sc4c(-c5cccc(Oc6cccc(-c7cc(C(C)(C)C)ccn7)c6)c5)nccc4c3cc2c1. The first kappa shape index (κ1) is 29.2. The van der Waals surface area contributed by atoms with Crippen LogP contribution in [0.25, 0.3) is 53.5 Å². The zero-order valence-corrected chi connectivity index (χ0v) is 27.6. The molecule has 0 aliphatic rings. The Morgan fingerprint density at radius 3 is 2.13 bits per heavy atom. The molecule has 0 unspecified atom stereocenters. The van der Waals surface area contributed by atoms with Crippen molar-refractivity contribution in [1.82, 2.24) is 9.97 Å². The molecular formula is C41H38N2OS. The molecule has 0 bridgehead atoms. The van der Waals surface area contributed by atoms with E-state index in [0.717, 1.165) is 40.4 Å². The van der Waals surface area contributed by atoms with Gasteiger partial charge in [-0.15, -0.1) is 11.3 Å². The second-order valence-electron chi connectivity index (χ2n) is 14.2. The molecule has 7 aromatic rings. The van der Waals surface area contributed by atoms with Crippen LogP contribution in [0.2, 0.25) is 0 Å². The highest BCUT2D eigenvalue weighted by Crippen LogP contribution is 2.41. The van der Waals surface area contributed by atoms with Gasteiger partial charge in [-0.25, -0.2) is 0 Å². The smallest absolute Gasteiger partial charge is 0.128 e. The lowest BCUT2D eigenvalue weighted by Crippen LogP contribution is -2.11. The zero-order chi connectivity index (χ0) is 31.3. The van der Waals surface area contributed by atoms with Gasteiger partial charge in [0.15, 0.2) is 0 Å². The van der Waals surface area contributed by atoms with E-state index in [1.807, 2.05) is 48.0 Å². The third-order valence-corrected chi connectivity index (χ3v) is 9.42. The average molecular weight is 607 g/mol. The summed E-state index contributed by atoms with van der Waals surface area (Å²) in [7, 11) is 0. The molecule has 7 rings (SSSR count). The molecule has 3 nitrogen and oxygen atoms in total. The molecule has 0 aliphatic heterocycles.